The van der Waals surface area contributed by atoms with Gasteiger partial charge in [-0.25, -0.2) is 9.37 Å². The molecular weight excluding hydrogens is 324 g/mol. The fourth-order valence-electron chi connectivity index (χ4n) is 2.74. The fourth-order valence-corrected chi connectivity index (χ4v) is 2.74. The van der Waals surface area contributed by atoms with Gasteiger partial charge in [-0.15, -0.1) is 0 Å². The lowest BCUT2D eigenvalue weighted by Crippen LogP contribution is -2.40. The molecule has 0 aliphatic heterocycles. The van der Waals surface area contributed by atoms with Gasteiger partial charge in [0.2, 0.25) is 5.91 Å². The third kappa shape index (κ3) is 3.72. The van der Waals surface area contributed by atoms with Crippen LogP contribution in [0.15, 0.2) is 48.7 Å². The van der Waals surface area contributed by atoms with E-state index in [0.29, 0.717) is 16.9 Å². The third-order valence-corrected chi connectivity index (χ3v) is 3.91. The van der Waals surface area contributed by atoms with Crippen LogP contribution in [0.5, 0.6) is 0 Å². The molecule has 3 nitrogen and oxygen atoms in total. The van der Waals surface area contributed by atoms with Crippen LogP contribution in [-0.2, 0) is 4.79 Å². The van der Waals surface area contributed by atoms with E-state index in [1.807, 2.05) is 0 Å². The van der Waals surface area contributed by atoms with Gasteiger partial charge in [0.25, 0.3) is 0 Å². The lowest BCUT2D eigenvalue weighted by atomic mass is 10.1. The molecule has 1 saturated carbocycles. The van der Waals surface area contributed by atoms with Crippen LogP contribution in [0, 0.1) is 11.7 Å². The van der Waals surface area contributed by atoms with Gasteiger partial charge in [0.1, 0.15) is 18.2 Å². The largest absolute Gasteiger partial charge is 0.406 e. The second-order valence-corrected chi connectivity index (χ2v) is 5.73. The molecule has 0 spiro atoms. The molecule has 0 bridgehead atoms. The van der Waals surface area contributed by atoms with Gasteiger partial charge in [0.05, 0.1) is 0 Å². The summed E-state index contributed by atoms with van der Waals surface area (Å²) in [6.45, 7) is -1.39. The quantitative estimate of drug-likeness (QED) is 0.792. The maximum atomic E-state index is 13.3. The number of aromatic nitrogens is 1. The molecule has 1 fully saturated rings. The number of amides is 1. The van der Waals surface area contributed by atoms with Crippen LogP contribution in [0.2, 0.25) is 0 Å². The summed E-state index contributed by atoms with van der Waals surface area (Å²) >= 11 is 0. The van der Waals surface area contributed by atoms with Gasteiger partial charge >= 0.3 is 6.18 Å². The molecule has 0 unspecified atom stereocenters. The Morgan fingerprint density at radius 1 is 1.21 bits per heavy atom. The first-order chi connectivity index (χ1) is 11.3. The highest BCUT2D eigenvalue weighted by Gasteiger charge is 2.48. The van der Waals surface area contributed by atoms with Crippen molar-refractivity contribution in [1.82, 2.24) is 4.98 Å². The second-order valence-electron chi connectivity index (χ2n) is 5.73. The topological polar surface area (TPSA) is 33.2 Å². The fraction of sp³-hybridized carbons (Fsp3) is 0.294. The number of hydrogen-bond donors (Lipinski definition) is 0. The first-order valence-corrected chi connectivity index (χ1v) is 7.40. The Bertz CT molecular complexity index is 733. The number of carbonyl (C=O) groups excluding carboxylic acids is 1. The molecule has 1 aromatic carbocycles. The summed E-state index contributed by atoms with van der Waals surface area (Å²) in [5.41, 5.74) is 0.626. The van der Waals surface area contributed by atoms with Gasteiger partial charge in [-0.3, -0.25) is 9.69 Å². The van der Waals surface area contributed by atoms with Crippen LogP contribution in [0.3, 0.4) is 0 Å². The Morgan fingerprint density at radius 3 is 2.62 bits per heavy atom. The van der Waals surface area contributed by atoms with Gasteiger partial charge in [0, 0.05) is 12.1 Å². The van der Waals surface area contributed by atoms with E-state index in [4.69, 9.17) is 0 Å². The Kier molecular flexibility index (Phi) is 4.26. The zero-order chi connectivity index (χ0) is 17.3. The maximum absolute atomic E-state index is 13.3. The van der Waals surface area contributed by atoms with Gasteiger partial charge in [-0.1, -0.05) is 18.2 Å². The van der Waals surface area contributed by atoms with Crippen molar-refractivity contribution in [3.8, 4) is 0 Å². The molecule has 126 valence electrons. The van der Waals surface area contributed by atoms with E-state index in [0.717, 1.165) is 0 Å². The maximum Gasteiger partial charge on any atom is 0.406 e. The van der Waals surface area contributed by atoms with Crippen molar-refractivity contribution in [1.29, 1.82) is 0 Å². The molecule has 24 heavy (non-hydrogen) atoms. The van der Waals surface area contributed by atoms with Crippen molar-refractivity contribution in [2.75, 3.05) is 11.4 Å². The van der Waals surface area contributed by atoms with Crippen LogP contribution in [0.4, 0.5) is 23.4 Å². The number of carbonyl (C=O) groups is 1. The predicted octanol–water partition coefficient (Wildman–Crippen LogP) is 3.92. The average molecular weight is 338 g/mol. The number of halogens is 4. The van der Waals surface area contributed by atoms with E-state index in [9.17, 15) is 22.4 Å². The molecule has 2 aromatic rings. The predicted molar refractivity (Wildman–Crippen MR) is 79.9 cm³/mol. The average Bonchev–Trinajstić information content (AvgIpc) is 3.33. The number of pyridine rings is 1. The van der Waals surface area contributed by atoms with Gasteiger partial charge in [-0.2, -0.15) is 13.2 Å². The van der Waals surface area contributed by atoms with Crippen molar-refractivity contribution < 1.29 is 22.4 Å². The van der Waals surface area contributed by atoms with Crippen molar-refractivity contribution in [3.05, 3.63) is 60.0 Å². The zero-order valence-corrected chi connectivity index (χ0v) is 12.5. The molecule has 3 rings (SSSR count). The highest BCUT2D eigenvalue weighted by atomic mass is 19.4. The summed E-state index contributed by atoms with van der Waals surface area (Å²) < 4.78 is 51.8. The van der Waals surface area contributed by atoms with Crippen LogP contribution in [-0.4, -0.2) is 23.6 Å². The summed E-state index contributed by atoms with van der Waals surface area (Å²) in [5.74, 6) is -1.95. The number of benzene rings is 1. The van der Waals surface area contributed by atoms with Crippen LogP contribution in [0.1, 0.15) is 17.9 Å². The van der Waals surface area contributed by atoms with E-state index in [1.165, 1.54) is 36.5 Å². The molecule has 1 heterocycles. The summed E-state index contributed by atoms with van der Waals surface area (Å²) in [5, 5.41) is 0. The van der Waals surface area contributed by atoms with Crippen LogP contribution < -0.4 is 4.90 Å². The first kappa shape index (κ1) is 16.4. The zero-order valence-electron chi connectivity index (χ0n) is 12.5. The number of hydrogen-bond acceptors (Lipinski definition) is 2. The van der Waals surface area contributed by atoms with E-state index in [-0.39, 0.29) is 11.7 Å². The molecule has 1 aromatic heterocycles. The lowest BCUT2D eigenvalue weighted by Gasteiger charge is -2.23. The molecule has 7 heteroatoms. The normalized spacial score (nSPS) is 19.8. The van der Waals surface area contributed by atoms with Crippen LogP contribution >= 0.6 is 0 Å². The number of rotatable bonds is 4. The Hall–Kier alpha value is -2.44. The minimum atomic E-state index is -4.53. The third-order valence-electron chi connectivity index (χ3n) is 3.91. The first-order valence-electron chi connectivity index (χ1n) is 7.40. The van der Waals surface area contributed by atoms with Gasteiger partial charge in [-0.05, 0) is 42.2 Å². The summed E-state index contributed by atoms with van der Waals surface area (Å²) in [4.78, 5) is 17.1. The molecule has 0 radical (unpaired) electrons. The lowest BCUT2D eigenvalue weighted by molar-refractivity contribution is -0.133. The number of anilines is 1. The summed E-state index contributed by atoms with van der Waals surface area (Å²) in [7, 11) is 0. The van der Waals surface area contributed by atoms with Crippen molar-refractivity contribution >= 4 is 11.7 Å². The summed E-state index contributed by atoms with van der Waals surface area (Å²) in [6, 6.07) is 10.2. The smallest absolute Gasteiger partial charge is 0.287 e. The van der Waals surface area contributed by atoms with Crippen molar-refractivity contribution in [2.24, 2.45) is 5.92 Å². The van der Waals surface area contributed by atoms with E-state index >= 15 is 0 Å². The molecular formula is C17H14F4N2O. The highest BCUT2D eigenvalue weighted by Crippen LogP contribution is 2.49. The summed E-state index contributed by atoms with van der Waals surface area (Å²) in [6.07, 6.45) is -2.79. The number of nitrogens with zero attached hydrogens (tertiary/aromatic N) is 2. The van der Waals surface area contributed by atoms with Crippen LogP contribution in [0.25, 0.3) is 0 Å². The minimum absolute atomic E-state index is 0.0373. The van der Waals surface area contributed by atoms with E-state index < -0.39 is 30.4 Å². The van der Waals surface area contributed by atoms with Gasteiger partial charge < -0.3 is 0 Å². The monoisotopic (exact) mass is 338 g/mol. The second kappa shape index (κ2) is 6.22. The molecule has 0 N–H and O–H groups in total. The Labute approximate surface area is 135 Å². The standard InChI is InChI=1S/C17H14F4N2O/c18-12-5-3-4-11(8-12)13-9-14(13)16(24)23(10-17(19,20)21)15-6-1-2-7-22-15/h1-8,13-14H,9-10H2/t13-,14-/m1/s1. The van der Waals surface area contributed by atoms with E-state index in [1.54, 1.807) is 12.1 Å². The Balaban J connectivity index is 1.80. The number of alkyl halides is 3. The van der Waals surface area contributed by atoms with Crippen molar-refractivity contribution in [2.45, 2.75) is 18.5 Å². The molecule has 2 atom stereocenters. The molecule has 1 aliphatic carbocycles. The SMILES string of the molecule is O=C([C@@H]1C[C@@H]1c1cccc(F)c1)N(CC(F)(F)F)c1ccccn1. The van der Waals surface area contributed by atoms with E-state index in [2.05, 4.69) is 4.98 Å². The highest BCUT2D eigenvalue weighted by molar-refractivity contribution is 5.96. The minimum Gasteiger partial charge on any atom is -0.287 e. The molecule has 1 aliphatic rings. The van der Waals surface area contributed by atoms with Gasteiger partial charge in [0.15, 0.2) is 0 Å². The van der Waals surface area contributed by atoms with Crippen molar-refractivity contribution in [3.63, 3.8) is 0 Å². The molecule has 0 saturated heterocycles. The molecule has 1 amide bonds. The Morgan fingerprint density at radius 2 is 2.00 bits per heavy atom.